The Labute approximate surface area is 195 Å². The fourth-order valence-electron chi connectivity index (χ4n) is 4.00. The molecule has 2 heterocycles. The quantitative estimate of drug-likeness (QED) is 0.254. The topological polar surface area (TPSA) is 33.1 Å². The highest BCUT2D eigenvalue weighted by Gasteiger charge is 2.13. The smallest absolute Gasteiger partial charge is 0.0951 e. The second-order valence-electron chi connectivity index (χ2n) is 8.39. The van der Waals surface area contributed by atoms with Crippen LogP contribution in [-0.2, 0) is 19.6 Å². The Hall–Kier alpha value is -2.63. The lowest BCUT2D eigenvalue weighted by Gasteiger charge is -2.25. The summed E-state index contributed by atoms with van der Waals surface area (Å²) in [4.78, 5) is 8.38. The molecule has 0 saturated heterocycles. The number of imidazole rings is 1. The third-order valence-electron chi connectivity index (χ3n) is 5.77. The molecule has 0 atom stereocenters. The number of nitrogens with one attached hydrogen (secondary N) is 1. The Morgan fingerprint density at radius 3 is 2.72 bits per heavy atom. The van der Waals surface area contributed by atoms with E-state index in [2.05, 4.69) is 88.2 Å². The number of benzene rings is 2. The van der Waals surface area contributed by atoms with Crippen LogP contribution in [0.25, 0.3) is 10.1 Å². The van der Waals surface area contributed by atoms with Crippen molar-refractivity contribution in [1.82, 2.24) is 14.9 Å². The summed E-state index contributed by atoms with van der Waals surface area (Å²) in [5.74, 6) is 0. The van der Waals surface area contributed by atoms with Gasteiger partial charge in [-0.25, -0.2) is 4.98 Å². The largest absolute Gasteiger partial charge is 0.366 e. The Morgan fingerprint density at radius 2 is 1.91 bits per heavy atom. The highest BCUT2D eigenvalue weighted by Crippen LogP contribution is 2.30. The van der Waals surface area contributed by atoms with Crippen LogP contribution in [0.5, 0.6) is 0 Å². The first-order valence-electron chi connectivity index (χ1n) is 11.8. The Morgan fingerprint density at radius 1 is 1.03 bits per heavy atom. The van der Waals surface area contributed by atoms with Crippen molar-refractivity contribution in [2.24, 2.45) is 0 Å². The zero-order valence-corrected chi connectivity index (χ0v) is 20.1. The van der Waals surface area contributed by atoms with E-state index in [0.717, 1.165) is 32.7 Å². The first kappa shape index (κ1) is 22.6. The maximum Gasteiger partial charge on any atom is 0.0951 e. The van der Waals surface area contributed by atoms with E-state index in [1.54, 1.807) is 0 Å². The molecule has 4 aromatic rings. The number of thiophene rings is 1. The van der Waals surface area contributed by atoms with Crippen LogP contribution in [0.15, 0.2) is 67.1 Å². The minimum atomic E-state index is 0.857. The zero-order valence-electron chi connectivity index (χ0n) is 19.3. The summed E-state index contributed by atoms with van der Waals surface area (Å²) < 4.78 is 3.64. The van der Waals surface area contributed by atoms with Gasteiger partial charge in [-0.1, -0.05) is 50.6 Å². The summed E-state index contributed by atoms with van der Waals surface area (Å²) in [6, 6.07) is 19.9. The summed E-state index contributed by atoms with van der Waals surface area (Å²) in [5, 5.41) is 4.87. The molecule has 0 aliphatic rings. The molecular formula is C27H34N4S. The van der Waals surface area contributed by atoms with Gasteiger partial charge in [-0.05, 0) is 54.6 Å². The summed E-state index contributed by atoms with van der Waals surface area (Å²) >= 11 is 1.90. The molecule has 0 radical (unpaired) electrons. The Kier molecular flexibility index (Phi) is 7.97. The molecule has 0 spiro atoms. The van der Waals surface area contributed by atoms with E-state index in [0.29, 0.717) is 0 Å². The van der Waals surface area contributed by atoms with Crippen LogP contribution < -0.4 is 10.2 Å². The zero-order chi connectivity index (χ0) is 22.2. The molecular weight excluding hydrogens is 412 g/mol. The van der Waals surface area contributed by atoms with Crippen LogP contribution in [0.1, 0.15) is 49.2 Å². The number of hydrogen-bond acceptors (Lipinski definition) is 4. The van der Waals surface area contributed by atoms with Gasteiger partial charge in [0.1, 0.15) is 0 Å². The minimum Gasteiger partial charge on any atom is -0.366 e. The van der Waals surface area contributed by atoms with Gasteiger partial charge in [0.2, 0.25) is 0 Å². The van der Waals surface area contributed by atoms with Crippen molar-refractivity contribution in [1.29, 1.82) is 0 Å². The first-order valence-corrected chi connectivity index (χ1v) is 12.6. The van der Waals surface area contributed by atoms with Crippen LogP contribution in [0.3, 0.4) is 0 Å². The van der Waals surface area contributed by atoms with Crippen molar-refractivity contribution in [2.45, 2.75) is 52.7 Å². The minimum absolute atomic E-state index is 0.857. The van der Waals surface area contributed by atoms with E-state index in [1.165, 1.54) is 51.2 Å². The normalized spacial score (nSPS) is 11.3. The summed E-state index contributed by atoms with van der Waals surface area (Å²) in [7, 11) is 0. The Balaban J connectivity index is 1.53. The van der Waals surface area contributed by atoms with Crippen molar-refractivity contribution >= 4 is 27.1 Å². The molecule has 0 saturated carbocycles. The second-order valence-corrected chi connectivity index (χ2v) is 9.55. The van der Waals surface area contributed by atoms with E-state index < -0.39 is 0 Å². The molecule has 0 aliphatic heterocycles. The Bertz CT molecular complexity index is 1100. The standard InChI is InChI=1S/C27H34N4S/c1-3-5-14-30(20-25-17-29-21-31(25)19-22-9-7-6-8-10-22)24-11-12-27-23(15-24)16-26(32-27)18-28-13-4-2/h6-12,15-17,21,28H,3-5,13-14,18-20H2,1-2H3. The van der Waals surface area contributed by atoms with Gasteiger partial charge in [0.25, 0.3) is 0 Å². The molecule has 168 valence electrons. The van der Waals surface area contributed by atoms with E-state index >= 15 is 0 Å². The molecule has 0 aliphatic carbocycles. The third-order valence-corrected chi connectivity index (χ3v) is 6.89. The van der Waals surface area contributed by atoms with Crippen LogP contribution >= 0.6 is 11.3 Å². The van der Waals surface area contributed by atoms with Gasteiger partial charge in [-0.2, -0.15) is 0 Å². The highest BCUT2D eigenvalue weighted by atomic mass is 32.1. The number of unbranched alkanes of at least 4 members (excludes halogenated alkanes) is 1. The first-order chi connectivity index (χ1) is 15.8. The second kappa shape index (κ2) is 11.3. The fraction of sp³-hybridized carbons (Fsp3) is 0.370. The lowest BCUT2D eigenvalue weighted by Crippen LogP contribution is -2.25. The lowest BCUT2D eigenvalue weighted by molar-refractivity contribution is 0.672. The van der Waals surface area contributed by atoms with Crippen molar-refractivity contribution in [3.63, 3.8) is 0 Å². The molecule has 0 fully saturated rings. The summed E-state index contributed by atoms with van der Waals surface area (Å²) in [5.41, 5.74) is 3.85. The van der Waals surface area contributed by atoms with Crippen LogP contribution in [0.4, 0.5) is 5.69 Å². The van der Waals surface area contributed by atoms with Gasteiger partial charge < -0.3 is 14.8 Å². The summed E-state index contributed by atoms with van der Waals surface area (Å²) in [6.45, 7) is 9.27. The molecule has 1 N–H and O–H groups in total. The number of rotatable bonds is 12. The maximum atomic E-state index is 4.47. The molecule has 2 aromatic carbocycles. The molecule has 32 heavy (non-hydrogen) atoms. The summed E-state index contributed by atoms with van der Waals surface area (Å²) in [6.07, 6.45) is 7.51. The van der Waals surface area contributed by atoms with Crippen molar-refractivity contribution in [2.75, 3.05) is 18.0 Å². The monoisotopic (exact) mass is 446 g/mol. The molecule has 0 amide bonds. The molecule has 4 rings (SSSR count). The predicted octanol–water partition coefficient (Wildman–Crippen LogP) is 6.45. The van der Waals surface area contributed by atoms with E-state index in [1.807, 2.05) is 23.9 Å². The lowest BCUT2D eigenvalue weighted by atomic mass is 10.2. The van der Waals surface area contributed by atoms with E-state index in [4.69, 9.17) is 0 Å². The van der Waals surface area contributed by atoms with Crippen molar-refractivity contribution < 1.29 is 0 Å². The van der Waals surface area contributed by atoms with Gasteiger partial charge in [-0.3, -0.25) is 0 Å². The molecule has 4 nitrogen and oxygen atoms in total. The van der Waals surface area contributed by atoms with E-state index in [9.17, 15) is 0 Å². The number of hydrogen-bond donors (Lipinski definition) is 1. The molecule has 2 aromatic heterocycles. The SMILES string of the molecule is CCCCN(Cc1cncn1Cc1ccccc1)c1ccc2sc(CNCCC)cc2c1. The fourth-order valence-corrected chi connectivity index (χ4v) is 5.02. The number of fused-ring (bicyclic) bond motifs is 1. The molecule has 0 unspecified atom stereocenters. The van der Waals surface area contributed by atoms with Crippen molar-refractivity contribution in [3.05, 3.63) is 83.3 Å². The number of nitrogens with zero attached hydrogens (tertiary/aromatic N) is 3. The molecule has 5 heteroatoms. The average Bonchev–Trinajstić information content (AvgIpc) is 3.43. The predicted molar refractivity (Wildman–Crippen MR) is 138 cm³/mol. The van der Waals surface area contributed by atoms with Gasteiger partial charge in [0.15, 0.2) is 0 Å². The van der Waals surface area contributed by atoms with Gasteiger partial charge in [0, 0.05) is 41.1 Å². The van der Waals surface area contributed by atoms with Gasteiger partial charge in [0.05, 0.1) is 18.6 Å². The van der Waals surface area contributed by atoms with Gasteiger partial charge in [-0.15, -0.1) is 11.3 Å². The maximum absolute atomic E-state index is 4.47. The number of anilines is 1. The number of aromatic nitrogens is 2. The molecule has 0 bridgehead atoms. The van der Waals surface area contributed by atoms with Crippen molar-refractivity contribution in [3.8, 4) is 0 Å². The van der Waals surface area contributed by atoms with Crippen LogP contribution in [-0.4, -0.2) is 22.6 Å². The highest BCUT2D eigenvalue weighted by molar-refractivity contribution is 7.19. The van der Waals surface area contributed by atoms with Gasteiger partial charge >= 0.3 is 0 Å². The van der Waals surface area contributed by atoms with E-state index in [-0.39, 0.29) is 0 Å². The van der Waals surface area contributed by atoms with Crippen LogP contribution in [0.2, 0.25) is 0 Å². The third kappa shape index (κ3) is 5.78. The van der Waals surface area contributed by atoms with Crippen LogP contribution in [0, 0.1) is 0 Å². The average molecular weight is 447 g/mol.